The SMILES string of the molecule is COc1ccc(CN[N+]23C=CN=CC2=C(C2CCC(COC(C)=O)N(C(=O)O)C2)N=C3Br)c(OC)c1. The van der Waals surface area contributed by atoms with Gasteiger partial charge >= 0.3 is 16.8 Å². The Morgan fingerprint density at radius 2 is 2.08 bits per heavy atom. The maximum Gasteiger partial charge on any atom is 0.407 e. The average molecular weight is 563 g/mol. The van der Waals surface area contributed by atoms with E-state index in [0.29, 0.717) is 35.6 Å². The van der Waals surface area contributed by atoms with Crippen LogP contribution in [-0.4, -0.2) is 71.0 Å². The Morgan fingerprint density at radius 1 is 1.28 bits per heavy atom. The number of allylic oxidation sites excluding steroid dienone is 1. The molecule has 0 radical (unpaired) electrons. The first kappa shape index (κ1) is 25.9. The number of esters is 1. The van der Waals surface area contributed by atoms with Gasteiger partial charge in [-0.3, -0.25) is 9.79 Å². The summed E-state index contributed by atoms with van der Waals surface area (Å²) >= 11 is 3.64. The summed E-state index contributed by atoms with van der Waals surface area (Å²) in [5.74, 6) is 0.818. The molecule has 2 N–H and O–H groups in total. The fraction of sp³-hybridized carbons (Fsp3) is 0.417. The zero-order valence-electron chi connectivity index (χ0n) is 20.3. The molecule has 0 spiro atoms. The number of nitrogens with one attached hydrogen (secondary N) is 1. The van der Waals surface area contributed by atoms with E-state index in [1.807, 2.05) is 24.4 Å². The Labute approximate surface area is 217 Å². The molecule has 3 heterocycles. The van der Waals surface area contributed by atoms with Crippen LogP contribution in [0.3, 0.4) is 0 Å². The van der Waals surface area contributed by atoms with Gasteiger partial charge in [-0.1, -0.05) is 6.07 Å². The molecule has 1 aromatic rings. The van der Waals surface area contributed by atoms with Crippen LogP contribution < -0.4 is 14.9 Å². The van der Waals surface area contributed by atoms with E-state index in [9.17, 15) is 14.7 Å². The summed E-state index contributed by atoms with van der Waals surface area (Å²) < 4.78 is 16.7. The number of hydrogen-bond donors (Lipinski definition) is 2. The van der Waals surface area contributed by atoms with Gasteiger partial charge in [-0.25, -0.2) is 4.79 Å². The average Bonchev–Trinajstić information content (AvgIpc) is 3.18. The van der Waals surface area contributed by atoms with Gasteiger partial charge in [0.25, 0.3) is 0 Å². The first-order chi connectivity index (χ1) is 17.3. The summed E-state index contributed by atoms with van der Waals surface area (Å²) in [6.07, 6.45) is 5.53. The number of ether oxygens (including phenoxy) is 3. The van der Waals surface area contributed by atoms with Gasteiger partial charge in [-0.15, -0.1) is 10.0 Å². The quantitative estimate of drug-likeness (QED) is 0.283. The van der Waals surface area contributed by atoms with E-state index in [1.54, 1.807) is 26.6 Å². The van der Waals surface area contributed by atoms with E-state index in [2.05, 4.69) is 26.3 Å². The summed E-state index contributed by atoms with van der Waals surface area (Å²) in [5.41, 5.74) is 6.04. The van der Waals surface area contributed by atoms with Crippen LogP contribution in [-0.2, 0) is 16.1 Å². The monoisotopic (exact) mass is 562 g/mol. The van der Waals surface area contributed by atoms with E-state index >= 15 is 0 Å². The van der Waals surface area contributed by atoms with Gasteiger partial charge in [0.05, 0.1) is 39.2 Å². The van der Waals surface area contributed by atoms with Crippen molar-refractivity contribution in [3.8, 4) is 11.5 Å². The molecule has 0 aromatic heterocycles. The molecule has 11 nitrogen and oxygen atoms in total. The normalized spacial score (nSPS) is 24.9. The molecule has 0 saturated carbocycles. The molecule has 3 unspecified atom stereocenters. The van der Waals surface area contributed by atoms with Crippen LogP contribution >= 0.6 is 15.9 Å². The van der Waals surface area contributed by atoms with Crippen molar-refractivity contribution >= 4 is 39.0 Å². The van der Waals surface area contributed by atoms with Crippen LogP contribution in [0.5, 0.6) is 11.5 Å². The number of benzene rings is 1. The topological polar surface area (TPSA) is 122 Å². The fourth-order valence-electron chi connectivity index (χ4n) is 4.65. The number of carbonyl (C=O) groups excluding carboxylic acids is 1. The van der Waals surface area contributed by atoms with Gasteiger partial charge in [0, 0.05) is 46.9 Å². The minimum atomic E-state index is -1.05. The van der Waals surface area contributed by atoms with Gasteiger partial charge in [0.2, 0.25) is 5.70 Å². The predicted molar refractivity (Wildman–Crippen MR) is 136 cm³/mol. The third-order valence-corrected chi connectivity index (χ3v) is 7.29. The maximum atomic E-state index is 12.0. The van der Waals surface area contributed by atoms with E-state index in [0.717, 1.165) is 17.0 Å². The number of fused-ring (bicyclic) bond motifs is 1. The third-order valence-electron chi connectivity index (χ3n) is 6.55. The maximum absolute atomic E-state index is 12.0. The lowest BCUT2D eigenvalue weighted by atomic mass is 9.90. The summed E-state index contributed by atoms with van der Waals surface area (Å²) in [4.78, 5) is 33.7. The van der Waals surface area contributed by atoms with Crippen LogP contribution in [0.4, 0.5) is 4.79 Å². The van der Waals surface area contributed by atoms with Crippen molar-refractivity contribution in [2.24, 2.45) is 15.9 Å². The second-order valence-corrected chi connectivity index (χ2v) is 9.34. The molecule has 1 saturated heterocycles. The minimum absolute atomic E-state index is 0.0443. The zero-order chi connectivity index (χ0) is 25.9. The van der Waals surface area contributed by atoms with Crippen molar-refractivity contribution in [1.82, 2.24) is 10.3 Å². The molecule has 3 aliphatic rings. The molecule has 36 heavy (non-hydrogen) atoms. The van der Waals surface area contributed by atoms with Crippen LogP contribution in [0.15, 0.2) is 52.0 Å². The number of piperidine rings is 1. The van der Waals surface area contributed by atoms with Gasteiger partial charge < -0.3 is 24.2 Å². The minimum Gasteiger partial charge on any atom is -0.497 e. The Bertz CT molecular complexity index is 1170. The van der Waals surface area contributed by atoms with Crippen molar-refractivity contribution in [2.45, 2.75) is 32.4 Å². The molecule has 4 rings (SSSR count). The van der Waals surface area contributed by atoms with Crippen molar-refractivity contribution in [1.29, 1.82) is 0 Å². The lowest BCUT2D eigenvalue weighted by Gasteiger charge is -2.37. The Morgan fingerprint density at radius 3 is 2.78 bits per heavy atom. The summed E-state index contributed by atoms with van der Waals surface area (Å²) in [7, 11) is 3.22. The number of amides is 1. The molecule has 12 heteroatoms. The Hall–Kier alpha value is -3.22. The summed E-state index contributed by atoms with van der Waals surface area (Å²) in [5, 5.41) is 9.82. The largest absolute Gasteiger partial charge is 0.497 e. The number of quaternary nitrogens is 1. The number of aliphatic imine (C=N–C) groups is 2. The number of hydrogen-bond acceptors (Lipinski definition) is 8. The zero-order valence-corrected chi connectivity index (χ0v) is 21.9. The highest BCUT2D eigenvalue weighted by Gasteiger charge is 2.48. The standard InChI is InChI=1S/C24H28BrN5O6/c1-15(31)36-14-18-6-4-17(13-29(18)24(32)33)22-20-12-26-8-9-30(20,23(25)28-22)27-11-16-5-7-19(34-2)10-21(16)35-3/h5,7-10,12,17-18,27H,4,6,11,13-14H2,1-3H3/p+1. The van der Waals surface area contributed by atoms with Crippen molar-refractivity contribution in [2.75, 3.05) is 27.4 Å². The first-order valence-corrected chi connectivity index (χ1v) is 12.3. The molecular weight excluding hydrogens is 534 g/mol. The molecule has 192 valence electrons. The number of carbonyl (C=O) groups is 2. The number of amidine groups is 1. The highest BCUT2D eigenvalue weighted by Crippen LogP contribution is 2.39. The van der Waals surface area contributed by atoms with E-state index < -0.39 is 12.1 Å². The second-order valence-electron chi connectivity index (χ2n) is 8.63. The van der Waals surface area contributed by atoms with Crippen LogP contribution in [0.25, 0.3) is 0 Å². The summed E-state index contributed by atoms with van der Waals surface area (Å²) in [6.45, 7) is 2.05. The molecule has 1 fully saturated rings. The number of carboxylic acid groups (broad SMARTS) is 1. The Kier molecular flexibility index (Phi) is 7.76. The van der Waals surface area contributed by atoms with Gasteiger partial charge in [-0.05, 0) is 18.9 Å². The van der Waals surface area contributed by atoms with E-state index in [4.69, 9.17) is 19.2 Å². The molecule has 3 atom stereocenters. The summed E-state index contributed by atoms with van der Waals surface area (Å²) in [6, 6.07) is 5.25. The predicted octanol–water partition coefficient (Wildman–Crippen LogP) is 3.38. The van der Waals surface area contributed by atoms with Crippen molar-refractivity contribution in [3.63, 3.8) is 0 Å². The number of nitrogens with zero attached hydrogens (tertiary/aromatic N) is 4. The molecule has 3 aliphatic heterocycles. The number of halogens is 1. The van der Waals surface area contributed by atoms with Gasteiger partial charge in [0.15, 0.2) is 0 Å². The van der Waals surface area contributed by atoms with Crippen molar-refractivity contribution < 1.29 is 33.5 Å². The lowest BCUT2D eigenvalue weighted by Crippen LogP contribution is -2.54. The third kappa shape index (κ3) is 5.01. The molecular formula is C24H29BrN5O6+. The molecule has 1 amide bonds. The van der Waals surface area contributed by atoms with Crippen LogP contribution in [0.2, 0.25) is 0 Å². The lowest BCUT2D eigenvalue weighted by molar-refractivity contribution is -0.787. The van der Waals surface area contributed by atoms with Crippen LogP contribution in [0, 0.1) is 5.92 Å². The fourth-order valence-corrected chi connectivity index (χ4v) is 5.28. The van der Waals surface area contributed by atoms with Gasteiger partial charge in [-0.2, -0.15) is 4.99 Å². The smallest absolute Gasteiger partial charge is 0.407 e. The molecule has 0 bridgehead atoms. The second kappa shape index (κ2) is 10.8. The van der Waals surface area contributed by atoms with E-state index in [1.165, 1.54) is 11.8 Å². The first-order valence-electron chi connectivity index (χ1n) is 11.5. The highest BCUT2D eigenvalue weighted by molar-refractivity contribution is 9.18. The Balaban J connectivity index is 1.58. The highest BCUT2D eigenvalue weighted by atomic mass is 79.9. The van der Waals surface area contributed by atoms with Crippen molar-refractivity contribution in [3.05, 3.63) is 47.6 Å². The van der Waals surface area contributed by atoms with Crippen LogP contribution in [0.1, 0.15) is 25.3 Å². The number of likely N-dealkylation sites (tertiary alicyclic amines) is 1. The molecule has 1 aromatic carbocycles. The number of rotatable bonds is 8. The van der Waals surface area contributed by atoms with E-state index in [-0.39, 0.29) is 29.7 Å². The molecule has 0 aliphatic carbocycles. The number of methoxy groups -OCH3 is 2. The van der Waals surface area contributed by atoms with Gasteiger partial charge in [0.1, 0.15) is 30.0 Å².